The van der Waals surface area contributed by atoms with Crippen LogP contribution in [0.25, 0.3) is 0 Å². The van der Waals surface area contributed by atoms with Gasteiger partial charge in [-0.3, -0.25) is 9.69 Å². The van der Waals surface area contributed by atoms with Gasteiger partial charge in [0.25, 0.3) is 5.91 Å². The van der Waals surface area contributed by atoms with Crippen LogP contribution in [0.2, 0.25) is 10.0 Å². The molecular formula is C22H25Cl2N3O. The molecule has 0 spiro atoms. The lowest BCUT2D eigenvalue weighted by molar-refractivity contribution is 0.0938. The van der Waals surface area contributed by atoms with Crippen LogP contribution in [0.5, 0.6) is 0 Å². The average molecular weight is 418 g/mol. The smallest absolute Gasteiger partial charge is 0.252 e. The molecule has 0 bridgehead atoms. The first-order valence-electron chi connectivity index (χ1n) is 9.84. The molecule has 2 heterocycles. The maximum Gasteiger partial charge on any atom is 0.252 e. The number of nitrogens with one attached hydrogen (secondary N) is 1. The standard InChI is InChI=1S/C22H25Cl2N3O/c1-26-11-8-16-12-15(4-7-20(16)26)21(27-9-2-3-10-27)14-25-22(28)18-13-17(23)5-6-19(18)24/h4-7,12-13,21H,2-3,8-11,14H2,1H3,(H,25,28)/t21-/m0/s1. The zero-order valence-corrected chi connectivity index (χ0v) is 17.6. The molecule has 0 saturated carbocycles. The van der Waals surface area contributed by atoms with Gasteiger partial charge < -0.3 is 10.2 Å². The second-order valence-corrected chi connectivity index (χ2v) is 8.50. The van der Waals surface area contributed by atoms with Gasteiger partial charge in [-0.25, -0.2) is 0 Å². The van der Waals surface area contributed by atoms with Crippen LogP contribution in [0.3, 0.4) is 0 Å². The molecule has 2 aromatic rings. The third-order valence-electron chi connectivity index (χ3n) is 5.83. The van der Waals surface area contributed by atoms with Crippen molar-refractivity contribution < 1.29 is 4.79 Å². The van der Waals surface area contributed by atoms with Crippen molar-refractivity contribution >= 4 is 34.8 Å². The number of likely N-dealkylation sites (tertiary alicyclic amines) is 1. The van der Waals surface area contributed by atoms with Gasteiger partial charge in [0.05, 0.1) is 16.6 Å². The Bertz CT molecular complexity index is 880. The summed E-state index contributed by atoms with van der Waals surface area (Å²) >= 11 is 12.2. The Kier molecular flexibility index (Phi) is 5.81. The van der Waals surface area contributed by atoms with E-state index in [0.717, 1.165) is 26.1 Å². The van der Waals surface area contributed by atoms with Gasteiger partial charge in [0, 0.05) is 30.8 Å². The van der Waals surface area contributed by atoms with Gasteiger partial charge in [0.1, 0.15) is 0 Å². The van der Waals surface area contributed by atoms with E-state index in [2.05, 4.69) is 40.4 Å². The highest BCUT2D eigenvalue weighted by molar-refractivity contribution is 6.35. The number of halogens is 2. The number of fused-ring (bicyclic) bond motifs is 1. The number of hydrogen-bond donors (Lipinski definition) is 1. The van der Waals surface area contributed by atoms with E-state index in [1.807, 2.05) is 0 Å². The largest absolute Gasteiger partial charge is 0.374 e. The molecule has 28 heavy (non-hydrogen) atoms. The van der Waals surface area contributed by atoms with Gasteiger partial charge in [0.2, 0.25) is 0 Å². The van der Waals surface area contributed by atoms with E-state index >= 15 is 0 Å². The average Bonchev–Trinajstić information content (AvgIpc) is 3.34. The van der Waals surface area contributed by atoms with Crippen molar-refractivity contribution in [2.24, 2.45) is 0 Å². The summed E-state index contributed by atoms with van der Waals surface area (Å²) < 4.78 is 0. The van der Waals surface area contributed by atoms with Crippen LogP contribution in [0.1, 0.15) is 40.4 Å². The molecule has 6 heteroatoms. The van der Waals surface area contributed by atoms with Crippen LogP contribution >= 0.6 is 23.2 Å². The molecule has 2 aliphatic rings. The Hall–Kier alpha value is -1.75. The SMILES string of the molecule is CN1CCc2cc([C@H](CNC(=O)c3cc(Cl)ccc3Cl)N3CCCC3)ccc21. The molecule has 1 atom stereocenters. The van der Waals surface area contributed by atoms with Crippen LogP contribution in [-0.2, 0) is 6.42 Å². The van der Waals surface area contributed by atoms with Crippen molar-refractivity contribution in [2.75, 3.05) is 38.1 Å². The summed E-state index contributed by atoms with van der Waals surface area (Å²) in [7, 11) is 2.14. The zero-order chi connectivity index (χ0) is 19.7. The highest BCUT2D eigenvalue weighted by atomic mass is 35.5. The highest BCUT2D eigenvalue weighted by Crippen LogP contribution is 2.32. The summed E-state index contributed by atoms with van der Waals surface area (Å²) in [5.41, 5.74) is 4.41. The van der Waals surface area contributed by atoms with Crippen LogP contribution in [0, 0.1) is 0 Å². The maximum absolute atomic E-state index is 12.7. The van der Waals surface area contributed by atoms with Crippen molar-refractivity contribution in [1.82, 2.24) is 10.2 Å². The summed E-state index contributed by atoms with van der Waals surface area (Å²) in [6, 6.07) is 11.9. The van der Waals surface area contributed by atoms with Gasteiger partial charge >= 0.3 is 0 Å². The number of amides is 1. The lowest BCUT2D eigenvalue weighted by Crippen LogP contribution is -2.37. The first-order valence-corrected chi connectivity index (χ1v) is 10.6. The van der Waals surface area contributed by atoms with Crippen molar-refractivity contribution in [3.05, 3.63) is 63.1 Å². The number of carbonyl (C=O) groups excluding carboxylic acids is 1. The molecule has 2 aliphatic heterocycles. The van der Waals surface area contributed by atoms with E-state index in [-0.39, 0.29) is 11.9 Å². The molecular weight excluding hydrogens is 393 g/mol. The van der Waals surface area contributed by atoms with E-state index in [4.69, 9.17) is 23.2 Å². The van der Waals surface area contributed by atoms with E-state index in [1.165, 1.54) is 29.7 Å². The van der Waals surface area contributed by atoms with Crippen LogP contribution in [0.15, 0.2) is 36.4 Å². The Morgan fingerprint density at radius 2 is 1.89 bits per heavy atom. The molecule has 4 nitrogen and oxygen atoms in total. The molecule has 0 radical (unpaired) electrons. The summed E-state index contributed by atoms with van der Waals surface area (Å²) in [4.78, 5) is 17.5. The molecule has 2 aromatic carbocycles. The number of carbonyl (C=O) groups is 1. The third-order valence-corrected chi connectivity index (χ3v) is 6.39. The van der Waals surface area contributed by atoms with E-state index in [1.54, 1.807) is 18.2 Å². The van der Waals surface area contributed by atoms with Gasteiger partial charge in [-0.15, -0.1) is 0 Å². The summed E-state index contributed by atoms with van der Waals surface area (Å²) in [5, 5.41) is 4.01. The first kappa shape index (κ1) is 19.6. The molecule has 0 aromatic heterocycles. The summed E-state index contributed by atoms with van der Waals surface area (Å²) in [6.07, 6.45) is 3.49. The fourth-order valence-corrected chi connectivity index (χ4v) is 4.64. The summed E-state index contributed by atoms with van der Waals surface area (Å²) in [5.74, 6) is -0.183. The lowest BCUT2D eigenvalue weighted by Gasteiger charge is -2.29. The monoisotopic (exact) mass is 417 g/mol. The van der Waals surface area contributed by atoms with Crippen LogP contribution in [-0.4, -0.2) is 44.0 Å². The zero-order valence-electron chi connectivity index (χ0n) is 16.0. The minimum Gasteiger partial charge on any atom is -0.374 e. The van der Waals surface area contributed by atoms with Gasteiger partial charge in [0.15, 0.2) is 0 Å². The number of rotatable bonds is 5. The quantitative estimate of drug-likeness (QED) is 0.774. The number of nitrogens with zero attached hydrogens (tertiary/aromatic N) is 2. The molecule has 1 fully saturated rings. The Labute approximate surface area is 176 Å². The van der Waals surface area contributed by atoms with Crippen LogP contribution < -0.4 is 10.2 Å². The van der Waals surface area contributed by atoms with Gasteiger partial charge in [-0.2, -0.15) is 0 Å². The topological polar surface area (TPSA) is 35.6 Å². The van der Waals surface area contributed by atoms with Crippen molar-refractivity contribution in [2.45, 2.75) is 25.3 Å². The number of hydrogen-bond acceptors (Lipinski definition) is 3. The minimum absolute atomic E-state index is 0.167. The first-order chi connectivity index (χ1) is 13.5. The van der Waals surface area contributed by atoms with Crippen LogP contribution in [0.4, 0.5) is 5.69 Å². The van der Waals surface area contributed by atoms with Gasteiger partial charge in [-0.05, 0) is 67.7 Å². The normalized spacial score (nSPS) is 17.6. The van der Waals surface area contributed by atoms with Crippen molar-refractivity contribution in [3.8, 4) is 0 Å². The minimum atomic E-state index is -0.183. The highest BCUT2D eigenvalue weighted by Gasteiger charge is 2.26. The van der Waals surface area contributed by atoms with Crippen molar-refractivity contribution in [1.29, 1.82) is 0 Å². The molecule has 4 rings (SSSR count). The Morgan fingerprint density at radius 3 is 2.68 bits per heavy atom. The predicted molar refractivity (Wildman–Crippen MR) is 116 cm³/mol. The molecule has 1 amide bonds. The third kappa shape index (κ3) is 4.00. The van der Waals surface area contributed by atoms with Gasteiger partial charge in [-0.1, -0.05) is 35.3 Å². The molecule has 1 N–H and O–H groups in total. The number of likely N-dealkylation sites (N-methyl/N-ethyl adjacent to an activating group) is 1. The van der Waals surface area contributed by atoms with Crippen molar-refractivity contribution in [3.63, 3.8) is 0 Å². The second kappa shape index (κ2) is 8.32. The number of benzene rings is 2. The van der Waals surface area contributed by atoms with E-state index < -0.39 is 0 Å². The Balaban J connectivity index is 1.54. The predicted octanol–water partition coefficient (Wildman–Crippen LogP) is 4.55. The Morgan fingerprint density at radius 1 is 1.11 bits per heavy atom. The second-order valence-electron chi connectivity index (χ2n) is 7.65. The number of anilines is 1. The maximum atomic E-state index is 12.7. The lowest BCUT2D eigenvalue weighted by atomic mass is 10.0. The fraction of sp³-hybridized carbons (Fsp3) is 0.409. The molecule has 148 valence electrons. The molecule has 0 aliphatic carbocycles. The molecule has 1 saturated heterocycles. The molecule has 0 unspecified atom stereocenters. The fourth-order valence-electron chi connectivity index (χ4n) is 4.26. The summed E-state index contributed by atoms with van der Waals surface area (Å²) in [6.45, 7) is 3.75. The van der Waals surface area contributed by atoms with E-state index in [9.17, 15) is 4.79 Å². The van der Waals surface area contributed by atoms with E-state index in [0.29, 0.717) is 22.2 Å².